The molecule has 0 radical (unpaired) electrons. The lowest BCUT2D eigenvalue weighted by atomic mass is 10.2. The maximum atomic E-state index is 12.8. The van der Waals surface area contributed by atoms with Crippen molar-refractivity contribution in [3.05, 3.63) is 71.2 Å². The fourth-order valence-corrected chi connectivity index (χ4v) is 4.60. The first-order valence-electron chi connectivity index (χ1n) is 9.09. The van der Waals surface area contributed by atoms with Crippen LogP contribution in [-0.2, 0) is 20.4 Å². The molecular formula is C20H22ClN4O3S2+. The molecule has 0 fully saturated rings. The topological polar surface area (TPSA) is 107 Å². The van der Waals surface area contributed by atoms with Gasteiger partial charge in [-0.2, -0.15) is 9.27 Å². The van der Waals surface area contributed by atoms with E-state index in [1.165, 1.54) is 30.0 Å². The van der Waals surface area contributed by atoms with Crippen LogP contribution in [0, 0.1) is 0 Å². The van der Waals surface area contributed by atoms with E-state index in [1.54, 1.807) is 19.1 Å². The lowest BCUT2D eigenvalue weighted by Crippen LogP contribution is -2.23. The van der Waals surface area contributed by atoms with Crippen LogP contribution in [0.4, 0.5) is 11.6 Å². The molecule has 0 saturated heterocycles. The van der Waals surface area contributed by atoms with Gasteiger partial charge in [-0.05, 0) is 28.8 Å². The summed E-state index contributed by atoms with van der Waals surface area (Å²) >= 11 is 7.35. The number of rotatable bonds is 9. The third kappa shape index (κ3) is 6.41. The summed E-state index contributed by atoms with van der Waals surface area (Å²) in [6, 6.07) is 17.3. The van der Waals surface area contributed by atoms with E-state index in [0.29, 0.717) is 21.7 Å². The number of aliphatic hydroxyl groups is 1. The van der Waals surface area contributed by atoms with Gasteiger partial charge in [0.2, 0.25) is 4.90 Å². The Morgan fingerprint density at radius 3 is 2.53 bits per heavy atom. The highest BCUT2D eigenvalue weighted by atomic mass is 35.5. The maximum absolute atomic E-state index is 12.8. The standard InChI is InChI=1S/C20H21ClN4O3S2/c1-14(12-26)22-18-11-19(25-30(27,28)17-9-5-8-16(21)10-17)24-20(23-18)29-13-15-6-3-2-4-7-15/h2-11,14,26H,12-13H2,1H3,(H2-,22,23,24,25,27,28)/p+1/t14-/m1/s1. The van der Waals surface area contributed by atoms with Crippen LogP contribution >= 0.6 is 23.4 Å². The highest BCUT2D eigenvalue weighted by Gasteiger charge is 2.30. The van der Waals surface area contributed by atoms with Gasteiger partial charge in [-0.1, -0.05) is 59.8 Å². The molecule has 1 heterocycles. The van der Waals surface area contributed by atoms with Crippen molar-refractivity contribution in [3.63, 3.8) is 0 Å². The van der Waals surface area contributed by atoms with Gasteiger partial charge >= 0.3 is 10.4 Å². The average Bonchev–Trinajstić information content (AvgIpc) is 2.72. The third-order valence-corrected chi connectivity index (χ3v) is 6.48. The normalized spacial score (nSPS) is 14.0. The summed E-state index contributed by atoms with van der Waals surface area (Å²) in [5, 5.41) is 13.2. The number of halogens is 1. The largest absolute Gasteiger partial charge is 0.394 e. The molecule has 10 heteroatoms. The molecule has 7 nitrogen and oxygen atoms in total. The molecule has 0 aliphatic heterocycles. The summed E-state index contributed by atoms with van der Waals surface area (Å²) in [4.78, 5) is 8.97. The van der Waals surface area contributed by atoms with E-state index in [9.17, 15) is 13.9 Å². The summed E-state index contributed by atoms with van der Waals surface area (Å²) in [5.41, 5.74) is 1.10. The monoisotopic (exact) mass is 465 g/mol. The number of nitrogens with one attached hydrogen (secondary N) is 2. The Labute approximate surface area is 185 Å². The van der Waals surface area contributed by atoms with Crippen molar-refractivity contribution in [2.45, 2.75) is 28.8 Å². The van der Waals surface area contributed by atoms with Gasteiger partial charge in [-0.25, -0.2) is 9.97 Å². The predicted octanol–water partition coefficient (Wildman–Crippen LogP) is 4.57. The molecular weight excluding hydrogens is 444 g/mol. The van der Waals surface area contributed by atoms with Gasteiger partial charge in [0.1, 0.15) is 5.82 Å². The number of thioether (sulfide) groups is 1. The first kappa shape index (κ1) is 22.5. The second kappa shape index (κ2) is 10.2. The molecule has 0 bridgehead atoms. The van der Waals surface area contributed by atoms with Crippen LogP contribution in [0.1, 0.15) is 12.5 Å². The van der Waals surface area contributed by atoms with Crippen LogP contribution in [0.2, 0.25) is 5.02 Å². The molecule has 1 aromatic heterocycles. The number of nitrogens with zero attached hydrogens (tertiary/aromatic N) is 2. The molecule has 0 saturated carbocycles. The summed E-state index contributed by atoms with van der Waals surface area (Å²) < 4.78 is 25.9. The van der Waals surface area contributed by atoms with Crippen molar-refractivity contribution in [1.82, 2.24) is 9.97 Å². The zero-order chi connectivity index (χ0) is 21.6. The van der Waals surface area contributed by atoms with Crippen LogP contribution in [0.15, 0.2) is 70.7 Å². The van der Waals surface area contributed by atoms with E-state index in [1.807, 2.05) is 30.3 Å². The Balaban J connectivity index is 1.86. The van der Waals surface area contributed by atoms with E-state index in [2.05, 4.69) is 20.0 Å². The van der Waals surface area contributed by atoms with Crippen LogP contribution < -0.4 is 10.0 Å². The average molecular weight is 466 g/mol. The van der Waals surface area contributed by atoms with Gasteiger partial charge in [0.05, 0.1) is 6.61 Å². The number of aromatic nitrogens is 2. The fourth-order valence-electron chi connectivity index (χ4n) is 2.48. The predicted molar refractivity (Wildman–Crippen MR) is 122 cm³/mol. The lowest BCUT2D eigenvalue weighted by molar-refractivity contribution is 0.281. The van der Waals surface area contributed by atoms with E-state index < -0.39 is 10.4 Å². The Morgan fingerprint density at radius 2 is 1.83 bits per heavy atom. The van der Waals surface area contributed by atoms with E-state index >= 15 is 0 Å². The van der Waals surface area contributed by atoms with E-state index in [-0.39, 0.29) is 23.4 Å². The summed E-state index contributed by atoms with van der Waals surface area (Å²) in [6.45, 7) is 1.71. The third-order valence-electron chi connectivity index (χ3n) is 3.94. The SMILES string of the molecule is C[C@H](CO)Nc1cc(N[S+](=O)(O)c2cccc(Cl)c2)nc(SCc2ccccc2)n1. The second-order valence-corrected chi connectivity index (χ2v) is 9.61. The van der Waals surface area contributed by atoms with Gasteiger partial charge in [0.25, 0.3) is 0 Å². The summed E-state index contributed by atoms with van der Waals surface area (Å²) in [7, 11) is -3.63. The number of aliphatic hydroxyl groups excluding tert-OH is 1. The number of hydrogen-bond acceptors (Lipinski definition) is 6. The van der Waals surface area contributed by atoms with Crippen molar-refractivity contribution in [2.75, 3.05) is 16.6 Å². The molecule has 0 amide bonds. The number of anilines is 2. The van der Waals surface area contributed by atoms with Crippen molar-refractivity contribution in [1.29, 1.82) is 0 Å². The van der Waals surface area contributed by atoms with Gasteiger partial charge < -0.3 is 10.4 Å². The minimum Gasteiger partial charge on any atom is -0.394 e. The van der Waals surface area contributed by atoms with Crippen molar-refractivity contribution in [3.8, 4) is 0 Å². The summed E-state index contributed by atoms with van der Waals surface area (Å²) in [6.07, 6.45) is 0. The van der Waals surface area contributed by atoms with Gasteiger partial charge in [-0.3, -0.25) is 0 Å². The van der Waals surface area contributed by atoms with Gasteiger partial charge in [-0.15, -0.1) is 0 Å². The Kier molecular flexibility index (Phi) is 7.68. The van der Waals surface area contributed by atoms with Crippen molar-refractivity contribution < 1.29 is 13.9 Å². The minimum absolute atomic E-state index is 0.0848. The Bertz CT molecular complexity index is 1040. The van der Waals surface area contributed by atoms with E-state index in [4.69, 9.17) is 11.6 Å². The quantitative estimate of drug-likeness (QED) is 0.208. The fraction of sp³-hybridized carbons (Fsp3) is 0.200. The smallest absolute Gasteiger partial charge is 0.347 e. The first-order valence-corrected chi connectivity index (χ1v) is 12.0. The number of hydrogen-bond donors (Lipinski definition) is 4. The lowest BCUT2D eigenvalue weighted by Gasteiger charge is -2.14. The second-order valence-electron chi connectivity index (χ2n) is 6.51. The summed E-state index contributed by atoms with van der Waals surface area (Å²) in [5.74, 6) is 1.26. The van der Waals surface area contributed by atoms with Crippen LogP contribution in [0.25, 0.3) is 0 Å². The molecule has 0 spiro atoms. The molecule has 0 aliphatic carbocycles. The molecule has 4 N–H and O–H groups in total. The highest BCUT2D eigenvalue weighted by molar-refractivity contribution is 7.99. The van der Waals surface area contributed by atoms with Gasteiger partial charge in [0.15, 0.2) is 11.0 Å². The highest BCUT2D eigenvalue weighted by Crippen LogP contribution is 2.27. The van der Waals surface area contributed by atoms with Crippen LogP contribution in [-0.4, -0.2) is 32.3 Å². The maximum Gasteiger partial charge on any atom is 0.347 e. The minimum atomic E-state index is -3.63. The zero-order valence-corrected chi connectivity index (χ0v) is 18.5. The van der Waals surface area contributed by atoms with E-state index in [0.717, 1.165) is 5.56 Å². The Morgan fingerprint density at radius 1 is 1.10 bits per heavy atom. The number of benzene rings is 2. The van der Waals surface area contributed by atoms with Gasteiger partial charge in [0, 0.05) is 29.0 Å². The first-order chi connectivity index (χ1) is 14.4. The molecule has 158 valence electrons. The Hall–Kier alpha value is -2.17. The molecule has 3 rings (SSSR count). The zero-order valence-electron chi connectivity index (χ0n) is 16.2. The van der Waals surface area contributed by atoms with Crippen molar-refractivity contribution >= 4 is 45.4 Å². The molecule has 30 heavy (non-hydrogen) atoms. The van der Waals surface area contributed by atoms with Crippen LogP contribution in [0.3, 0.4) is 0 Å². The van der Waals surface area contributed by atoms with Crippen LogP contribution in [0.5, 0.6) is 0 Å². The molecule has 2 aromatic carbocycles. The molecule has 1 unspecified atom stereocenters. The van der Waals surface area contributed by atoms with Crippen molar-refractivity contribution in [2.24, 2.45) is 0 Å². The molecule has 3 aromatic rings. The molecule has 2 atom stereocenters. The molecule has 0 aliphatic rings.